The molecule has 0 fully saturated rings. The highest BCUT2D eigenvalue weighted by molar-refractivity contribution is 5.69. The van der Waals surface area contributed by atoms with E-state index in [9.17, 15) is 18.7 Å². The number of carboxylic acids is 1. The second kappa shape index (κ2) is 4.08. The number of hydrogen-bond donors (Lipinski definition) is 2. The second-order valence-electron chi connectivity index (χ2n) is 4.21. The Hall–Kier alpha value is -1.65. The van der Waals surface area contributed by atoms with Crippen LogP contribution >= 0.6 is 0 Å². The summed E-state index contributed by atoms with van der Waals surface area (Å²) in [5, 5.41) is 18.1. The molecule has 0 aliphatic carbocycles. The number of halogens is 2. The van der Waals surface area contributed by atoms with Crippen LogP contribution in [0.3, 0.4) is 0 Å². The summed E-state index contributed by atoms with van der Waals surface area (Å²) in [4.78, 5) is 10.6. The normalized spacial score (nSPS) is 11.5. The average molecular weight is 230 g/mol. The van der Waals surface area contributed by atoms with Gasteiger partial charge in [0.15, 0.2) is 11.6 Å². The quantitative estimate of drug-likeness (QED) is 0.838. The van der Waals surface area contributed by atoms with Crippen molar-refractivity contribution in [2.75, 3.05) is 0 Å². The van der Waals surface area contributed by atoms with Crippen molar-refractivity contribution in [3.63, 3.8) is 0 Å². The maximum Gasteiger partial charge on any atom is 0.304 e. The first-order valence-electron chi connectivity index (χ1n) is 4.65. The summed E-state index contributed by atoms with van der Waals surface area (Å²) in [6, 6.07) is 2.06. The summed E-state index contributed by atoms with van der Waals surface area (Å²) in [5.74, 6) is -4.41. The van der Waals surface area contributed by atoms with E-state index in [1.807, 2.05) is 0 Å². The van der Waals surface area contributed by atoms with E-state index in [1.165, 1.54) is 19.9 Å². The molecule has 1 aromatic carbocycles. The van der Waals surface area contributed by atoms with Gasteiger partial charge in [-0.1, -0.05) is 19.9 Å². The number of aliphatic carboxylic acids is 1. The Balaban J connectivity index is 3.23. The molecule has 88 valence electrons. The zero-order valence-corrected chi connectivity index (χ0v) is 8.92. The van der Waals surface area contributed by atoms with Crippen molar-refractivity contribution >= 4 is 5.97 Å². The molecule has 2 N–H and O–H groups in total. The van der Waals surface area contributed by atoms with Crippen molar-refractivity contribution < 1.29 is 23.8 Å². The van der Waals surface area contributed by atoms with Crippen LogP contribution in [0, 0.1) is 11.6 Å². The van der Waals surface area contributed by atoms with Crippen molar-refractivity contribution in [2.24, 2.45) is 0 Å². The molecule has 1 aromatic rings. The molecule has 0 atom stereocenters. The largest absolute Gasteiger partial charge is 0.505 e. The molecule has 16 heavy (non-hydrogen) atoms. The Bertz CT molecular complexity index is 427. The lowest BCUT2D eigenvalue weighted by atomic mass is 9.81. The standard InChI is InChI=1S/C11H12F2O3/c1-11(2,5-8(14)15)6-3-4-7(12)9(13)10(6)16/h3-4,16H,5H2,1-2H3,(H,14,15). The van der Waals surface area contributed by atoms with Gasteiger partial charge < -0.3 is 10.2 Å². The topological polar surface area (TPSA) is 57.5 Å². The smallest absolute Gasteiger partial charge is 0.304 e. The molecule has 5 heteroatoms. The fourth-order valence-corrected chi connectivity index (χ4v) is 1.56. The molecule has 0 aliphatic heterocycles. The number of carbonyl (C=O) groups is 1. The van der Waals surface area contributed by atoms with Gasteiger partial charge in [-0.05, 0) is 6.07 Å². The van der Waals surface area contributed by atoms with E-state index >= 15 is 0 Å². The molecule has 0 saturated carbocycles. The van der Waals surface area contributed by atoms with E-state index < -0.39 is 28.8 Å². The molecule has 0 amide bonds. The Labute approximate surface area is 91.3 Å². The van der Waals surface area contributed by atoms with E-state index in [4.69, 9.17) is 5.11 Å². The van der Waals surface area contributed by atoms with Crippen molar-refractivity contribution in [2.45, 2.75) is 25.7 Å². The molecule has 0 aliphatic rings. The molecular formula is C11H12F2O3. The summed E-state index contributed by atoms with van der Waals surface area (Å²) in [7, 11) is 0. The van der Waals surface area contributed by atoms with E-state index in [0.29, 0.717) is 0 Å². The van der Waals surface area contributed by atoms with Gasteiger partial charge in [-0.2, -0.15) is 4.39 Å². The van der Waals surface area contributed by atoms with Crippen molar-refractivity contribution in [3.8, 4) is 5.75 Å². The first-order valence-corrected chi connectivity index (χ1v) is 4.65. The summed E-state index contributed by atoms with van der Waals surface area (Å²) in [6.45, 7) is 3.07. The van der Waals surface area contributed by atoms with Crippen molar-refractivity contribution in [1.29, 1.82) is 0 Å². The zero-order valence-electron chi connectivity index (χ0n) is 8.92. The van der Waals surface area contributed by atoms with Gasteiger partial charge in [0, 0.05) is 11.0 Å². The highest BCUT2D eigenvalue weighted by Crippen LogP contribution is 2.35. The summed E-state index contributed by atoms with van der Waals surface area (Å²) < 4.78 is 25.8. The highest BCUT2D eigenvalue weighted by atomic mass is 19.2. The number of carboxylic acid groups (broad SMARTS) is 1. The van der Waals surface area contributed by atoms with Gasteiger partial charge in [0.25, 0.3) is 0 Å². The number of phenolic OH excluding ortho intramolecular Hbond substituents is 1. The van der Waals surface area contributed by atoms with Gasteiger partial charge in [0.1, 0.15) is 0 Å². The van der Waals surface area contributed by atoms with Crippen LogP contribution in [0.4, 0.5) is 8.78 Å². The maximum atomic E-state index is 13.1. The number of hydrogen-bond acceptors (Lipinski definition) is 2. The number of rotatable bonds is 3. The van der Waals surface area contributed by atoms with Crippen LogP contribution in [0.2, 0.25) is 0 Å². The lowest BCUT2D eigenvalue weighted by Crippen LogP contribution is -2.22. The lowest BCUT2D eigenvalue weighted by Gasteiger charge is -2.24. The fourth-order valence-electron chi connectivity index (χ4n) is 1.56. The number of benzene rings is 1. The minimum Gasteiger partial charge on any atom is -0.505 e. The van der Waals surface area contributed by atoms with Gasteiger partial charge in [-0.3, -0.25) is 4.79 Å². The van der Waals surface area contributed by atoms with Crippen molar-refractivity contribution in [3.05, 3.63) is 29.3 Å². The van der Waals surface area contributed by atoms with Crippen molar-refractivity contribution in [1.82, 2.24) is 0 Å². The van der Waals surface area contributed by atoms with Crippen LogP contribution < -0.4 is 0 Å². The molecule has 0 unspecified atom stereocenters. The van der Waals surface area contributed by atoms with Crippen LogP contribution in [0.15, 0.2) is 12.1 Å². The number of phenols is 1. The molecule has 0 spiro atoms. The predicted molar refractivity (Wildman–Crippen MR) is 53.3 cm³/mol. The molecule has 0 aromatic heterocycles. The van der Waals surface area contributed by atoms with Crippen LogP contribution in [0.1, 0.15) is 25.8 Å². The first-order chi connectivity index (χ1) is 7.25. The third-order valence-electron chi connectivity index (χ3n) is 2.39. The van der Waals surface area contributed by atoms with E-state index in [0.717, 1.165) is 6.07 Å². The van der Waals surface area contributed by atoms with Crippen LogP contribution in [-0.2, 0) is 10.2 Å². The van der Waals surface area contributed by atoms with Crippen LogP contribution in [-0.4, -0.2) is 16.2 Å². The predicted octanol–water partition coefficient (Wildman–Crippen LogP) is 2.42. The van der Waals surface area contributed by atoms with E-state index in [1.54, 1.807) is 0 Å². The van der Waals surface area contributed by atoms with Gasteiger partial charge in [0.05, 0.1) is 6.42 Å². The SMILES string of the molecule is CC(C)(CC(=O)O)c1ccc(F)c(F)c1O. The summed E-state index contributed by atoms with van der Waals surface area (Å²) >= 11 is 0. The monoisotopic (exact) mass is 230 g/mol. The molecular weight excluding hydrogens is 218 g/mol. The zero-order chi connectivity index (χ0) is 12.5. The Morgan fingerprint density at radius 3 is 2.44 bits per heavy atom. The summed E-state index contributed by atoms with van der Waals surface area (Å²) in [6.07, 6.45) is -0.286. The third-order valence-corrected chi connectivity index (χ3v) is 2.39. The second-order valence-corrected chi connectivity index (χ2v) is 4.21. The molecule has 0 bridgehead atoms. The highest BCUT2D eigenvalue weighted by Gasteiger charge is 2.29. The Kier molecular flexibility index (Phi) is 3.16. The van der Waals surface area contributed by atoms with Gasteiger partial charge in [-0.25, -0.2) is 4.39 Å². The molecule has 0 radical (unpaired) electrons. The Morgan fingerprint density at radius 1 is 1.38 bits per heavy atom. The molecule has 0 heterocycles. The van der Waals surface area contributed by atoms with Gasteiger partial charge in [0.2, 0.25) is 5.82 Å². The third kappa shape index (κ3) is 2.29. The minimum atomic E-state index is -1.35. The molecule has 0 saturated heterocycles. The van der Waals surface area contributed by atoms with E-state index in [2.05, 4.69) is 0 Å². The van der Waals surface area contributed by atoms with E-state index in [-0.39, 0.29) is 12.0 Å². The average Bonchev–Trinajstić information content (AvgIpc) is 2.11. The summed E-state index contributed by atoms with van der Waals surface area (Å²) in [5.41, 5.74) is -0.890. The van der Waals surface area contributed by atoms with Gasteiger partial charge in [-0.15, -0.1) is 0 Å². The van der Waals surface area contributed by atoms with Crippen LogP contribution in [0.25, 0.3) is 0 Å². The van der Waals surface area contributed by atoms with Crippen LogP contribution in [0.5, 0.6) is 5.75 Å². The number of aromatic hydroxyl groups is 1. The Morgan fingerprint density at radius 2 is 1.94 bits per heavy atom. The first kappa shape index (κ1) is 12.4. The fraction of sp³-hybridized carbons (Fsp3) is 0.364. The molecule has 3 nitrogen and oxygen atoms in total. The minimum absolute atomic E-state index is 0.0776. The molecule has 1 rings (SSSR count). The maximum absolute atomic E-state index is 13.1. The van der Waals surface area contributed by atoms with Gasteiger partial charge >= 0.3 is 5.97 Å². The lowest BCUT2D eigenvalue weighted by molar-refractivity contribution is -0.138.